The fourth-order valence-electron chi connectivity index (χ4n) is 6.74. The third-order valence-electron chi connectivity index (χ3n) is 10.2. The van der Waals surface area contributed by atoms with E-state index in [0.717, 1.165) is 50.9 Å². The summed E-state index contributed by atoms with van der Waals surface area (Å²) < 4.78 is 48.6. The summed E-state index contributed by atoms with van der Waals surface area (Å²) in [5, 5.41) is 11.8. The number of aromatic nitrogens is 3. The first kappa shape index (κ1) is 40.6. The molecule has 4 N–H and O–H groups in total. The highest BCUT2D eigenvalue weighted by atomic mass is 35.5. The molecule has 3 fully saturated rings. The average Bonchev–Trinajstić information content (AvgIpc) is 4.07. The van der Waals surface area contributed by atoms with Crippen LogP contribution >= 0.6 is 11.6 Å². The van der Waals surface area contributed by atoms with E-state index in [4.69, 9.17) is 21.1 Å². The zero-order valence-electron chi connectivity index (χ0n) is 30.8. The number of ether oxygens (including phenoxy) is 2. The van der Waals surface area contributed by atoms with E-state index in [0.29, 0.717) is 17.1 Å². The molecular weight excluding hydrogens is 757 g/mol. The molecule has 3 aromatic rings. The number of Topliss-reactive ketones (excluding diaryl/α,β-unsaturated/α-hetero) is 1. The highest BCUT2D eigenvalue weighted by molar-refractivity contribution is 6.36. The van der Waals surface area contributed by atoms with Gasteiger partial charge in [-0.3, -0.25) is 14.4 Å². The molecule has 2 aliphatic carbocycles. The van der Waals surface area contributed by atoms with Crippen LogP contribution in [0.15, 0.2) is 48.5 Å². The summed E-state index contributed by atoms with van der Waals surface area (Å²) in [6, 6.07) is 11.4. The standard InChI is InChI=1S/C38H44ClF3N8O6/c1-55-32(54)28(13-19-43-31(53)29(51)12-14-36(15-16-36)22-50-20-2-3-21-50)45-30(52)24-4-10-27(11-5-24)44-33-46-34(48-35(47-33)56-23-38(40,41)42)49-37(17-18-37)25-6-8-26(39)9-7-25/h4-11,28H,2-3,12-23H2,1H3,(H,43,53)(H,45,52)(H2,44,46,47,48,49)/t28-/m1/s1. The summed E-state index contributed by atoms with van der Waals surface area (Å²) in [7, 11) is 1.17. The Kier molecular flexibility index (Phi) is 12.6. The highest BCUT2D eigenvalue weighted by Gasteiger charge is 2.46. The number of likely N-dealkylation sites (tertiary alicyclic amines) is 1. The number of anilines is 3. The van der Waals surface area contributed by atoms with Crippen molar-refractivity contribution in [2.75, 3.05) is 50.5 Å². The van der Waals surface area contributed by atoms with E-state index in [1.54, 1.807) is 12.1 Å². The highest BCUT2D eigenvalue weighted by Crippen LogP contribution is 2.50. The third-order valence-corrected chi connectivity index (χ3v) is 10.5. The lowest BCUT2D eigenvalue weighted by Gasteiger charge is -2.22. The first-order chi connectivity index (χ1) is 26.7. The van der Waals surface area contributed by atoms with Gasteiger partial charge in [0.25, 0.3) is 11.8 Å². The fraction of sp³-hybridized carbons (Fsp3) is 0.500. The van der Waals surface area contributed by atoms with Crippen LogP contribution in [0.1, 0.15) is 73.7 Å². The Hall–Kier alpha value is -5.03. The van der Waals surface area contributed by atoms with Gasteiger partial charge in [-0.05, 0) is 112 Å². The molecular formula is C38H44ClF3N8O6. The minimum absolute atomic E-state index is 0.0166. The van der Waals surface area contributed by atoms with Gasteiger partial charge in [0.1, 0.15) is 6.04 Å². The molecule has 1 aliphatic heterocycles. The van der Waals surface area contributed by atoms with E-state index >= 15 is 0 Å². The van der Waals surface area contributed by atoms with Gasteiger partial charge in [0.05, 0.1) is 12.6 Å². The first-order valence-corrected chi connectivity index (χ1v) is 18.9. The summed E-state index contributed by atoms with van der Waals surface area (Å²) in [6.45, 7) is 1.48. The Morgan fingerprint density at radius 2 is 1.61 bits per heavy atom. The predicted octanol–water partition coefficient (Wildman–Crippen LogP) is 5.31. The molecule has 0 unspecified atom stereocenters. The molecule has 3 aliphatic rings. The number of nitrogens with one attached hydrogen (secondary N) is 4. The monoisotopic (exact) mass is 800 g/mol. The number of nitrogens with zero attached hydrogens (tertiary/aromatic N) is 4. The Bertz CT molecular complexity index is 1890. The predicted molar refractivity (Wildman–Crippen MR) is 200 cm³/mol. The fourth-order valence-corrected chi connectivity index (χ4v) is 6.87. The Labute approximate surface area is 326 Å². The van der Waals surface area contributed by atoms with Crippen molar-refractivity contribution in [3.05, 3.63) is 64.7 Å². The number of amides is 2. The third kappa shape index (κ3) is 11.3. The maximum Gasteiger partial charge on any atom is 0.422 e. The van der Waals surface area contributed by atoms with E-state index in [9.17, 15) is 32.3 Å². The number of halogens is 4. The van der Waals surface area contributed by atoms with Crippen molar-refractivity contribution in [1.82, 2.24) is 30.5 Å². The number of esters is 1. The zero-order valence-corrected chi connectivity index (χ0v) is 31.6. The summed E-state index contributed by atoms with van der Waals surface area (Å²) in [4.78, 5) is 65.6. The summed E-state index contributed by atoms with van der Waals surface area (Å²) in [5.74, 6) is -2.73. The minimum Gasteiger partial charge on any atom is -0.467 e. The van der Waals surface area contributed by atoms with Crippen LogP contribution in [0.2, 0.25) is 5.02 Å². The van der Waals surface area contributed by atoms with Gasteiger partial charge in [-0.1, -0.05) is 23.7 Å². The minimum atomic E-state index is -4.63. The quantitative estimate of drug-likeness (QED) is 0.0909. The number of rotatable bonds is 19. The van der Waals surface area contributed by atoms with Crippen molar-refractivity contribution in [3.63, 3.8) is 0 Å². The molecule has 2 aromatic carbocycles. The van der Waals surface area contributed by atoms with Crippen LogP contribution in [0.4, 0.5) is 30.8 Å². The molecule has 2 amide bonds. The molecule has 1 atom stereocenters. The molecule has 300 valence electrons. The van der Waals surface area contributed by atoms with Crippen LogP contribution < -0.4 is 26.0 Å². The molecule has 14 nitrogen and oxygen atoms in total. The number of hydrogen-bond donors (Lipinski definition) is 4. The second kappa shape index (κ2) is 17.4. The van der Waals surface area contributed by atoms with Crippen molar-refractivity contribution in [2.45, 2.75) is 75.5 Å². The first-order valence-electron chi connectivity index (χ1n) is 18.5. The number of benzene rings is 2. The largest absolute Gasteiger partial charge is 0.467 e. The Morgan fingerprint density at radius 1 is 0.929 bits per heavy atom. The van der Waals surface area contributed by atoms with Crippen molar-refractivity contribution in [2.24, 2.45) is 5.41 Å². The van der Waals surface area contributed by atoms with Gasteiger partial charge in [0.15, 0.2) is 6.61 Å². The van der Waals surface area contributed by atoms with E-state index in [1.165, 1.54) is 44.2 Å². The second-order valence-electron chi connectivity index (χ2n) is 14.6. The van der Waals surface area contributed by atoms with Crippen LogP contribution in [0.25, 0.3) is 0 Å². The normalized spacial score (nSPS) is 17.3. The van der Waals surface area contributed by atoms with Gasteiger partial charge in [-0.25, -0.2) is 4.79 Å². The van der Waals surface area contributed by atoms with E-state index < -0.39 is 53.9 Å². The number of carbonyl (C=O) groups is 4. The number of hydrogen-bond acceptors (Lipinski definition) is 12. The van der Waals surface area contributed by atoms with Crippen molar-refractivity contribution >= 4 is 52.8 Å². The van der Waals surface area contributed by atoms with Gasteiger partial charge < -0.3 is 35.6 Å². The van der Waals surface area contributed by atoms with Crippen LogP contribution in [-0.4, -0.2) is 95.5 Å². The van der Waals surface area contributed by atoms with Gasteiger partial charge in [-0.2, -0.15) is 28.1 Å². The number of carbonyl (C=O) groups excluding carboxylic acids is 4. The topological polar surface area (TPSA) is 177 Å². The Morgan fingerprint density at radius 3 is 2.23 bits per heavy atom. The zero-order chi connectivity index (χ0) is 39.9. The van der Waals surface area contributed by atoms with Gasteiger partial charge >= 0.3 is 18.2 Å². The Balaban J connectivity index is 1.03. The number of ketones is 1. The van der Waals surface area contributed by atoms with E-state index in [-0.39, 0.29) is 42.3 Å². The summed E-state index contributed by atoms with van der Waals surface area (Å²) in [5.41, 5.74) is 1.02. The van der Waals surface area contributed by atoms with E-state index in [1.807, 2.05) is 12.1 Å². The van der Waals surface area contributed by atoms with Crippen LogP contribution in [0.3, 0.4) is 0 Å². The molecule has 1 saturated heterocycles. The molecule has 2 saturated carbocycles. The van der Waals surface area contributed by atoms with Crippen molar-refractivity contribution in [3.8, 4) is 6.01 Å². The maximum absolute atomic E-state index is 13.1. The number of methoxy groups -OCH3 is 1. The van der Waals surface area contributed by atoms with E-state index in [2.05, 4.69) is 41.1 Å². The summed E-state index contributed by atoms with van der Waals surface area (Å²) in [6.07, 6.45) is 2.13. The molecule has 0 radical (unpaired) electrons. The molecule has 0 spiro atoms. The maximum atomic E-state index is 13.1. The molecule has 0 bridgehead atoms. The lowest BCUT2D eigenvalue weighted by Crippen LogP contribution is -2.44. The molecule has 1 aromatic heterocycles. The van der Waals surface area contributed by atoms with Crippen molar-refractivity contribution in [1.29, 1.82) is 0 Å². The van der Waals surface area contributed by atoms with Crippen LogP contribution in [0.5, 0.6) is 6.01 Å². The molecule has 6 rings (SSSR count). The smallest absolute Gasteiger partial charge is 0.422 e. The second-order valence-corrected chi connectivity index (χ2v) is 15.0. The van der Waals surface area contributed by atoms with Gasteiger partial charge in [-0.15, -0.1) is 0 Å². The average molecular weight is 801 g/mol. The lowest BCUT2D eigenvalue weighted by molar-refractivity contribution is -0.154. The number of alkyl halides is 3. The molecule has 2 heterocycles. The van der Waals surface area contributed by atoms with Crippen LogP contribution in [0, 0.1) is 5.41 Å². The molecule has 18 heteroatoms. The van der Waals surface area contributed by atoms with Crippen LogP contribution in [-0.2, 0) is 24.7 Å². The van der Waals surface area contributed by atoms with Gasteiger partial charge in [0, 0.05) is 35.8 Å². The summed E-state index contributed by atoms with van der Waals surface area (Å²) >= 11 is 6.04. The lowest BCUT2D eigenvalue weighted by atomic mass is 9.97. The van der Waals surface area contributed by atoms with Crippen molar-refractivity contribution < 1.29 is 41.8 Å². The molecule has 56 heavy (non-hydrogen) atoms. The SMILES string of the molecule is COC(=O)[C@@H](CCNC(=O)C(=O)CCC1(CN2CCCC2)CC1)NC(=O)c1ccc(Nc2nc(NC3(c4ccc(Cl)cc4)CC3)nc(OCC(F)(F)F)n2)cc1. The van der Waals surface area contributed by atoms with Gasteiger partial charge in [0.2, 0.25) is 17.7 Å².